The summed E-state index contributed by atoms with van der Waals surface area (Å²) in [7, 11) is -3.21. The van der Waals surface area contributed by atoms with Gasteiger partial charge in [0, 0.05) is 82.8 Å². The average Bonchev–Trinajstić information content (AvgIpc) is 1.50. The molecule has 7 nitrogen and oxygen atoms in total. The van der Waals surface area contributed by atoms with Crippen LogP contribution < -0.4 is 21.0 Å². The Bertz CT molecular complexity index is 7460. The first-order valence-electron chi connectivity index (χ1n) is 37.7. The molecule has 0 fully saturated rings. The number of fused-ring (bicyclic) bond motifs is 22. The van der Waals surface area contributed by atoms with Crippen LogP contribution in [-0.2, 0) is 6.42 Å². The summed E-state index contributed by atoms with van der Waals surface area (Å²) in [4.78, 5) is 11.0. The van der Waals surface area contributed by atoms with Crippen molar-refractivity contribution in [1.29, 1.82) is 5.26 Å². The molecule has 110 heavy (non-hydrogen) atoms. The van der Waals surface area contributed by atoms with Crippen LogP contribution in [0.2, 0.25) is 0 Å². The average molecular weight is 1410 g/mol. The van der Waals surface area contributed by atoms with Crippen LogP contribution in [-0.4, -0.2) is 36.3 Å². The Kier molecular flexibility index (Phi) is 13.5. The number of benzene rings is 15. The minimum absolute atomic E-state index is 0.498. The van der Waals surface area contributed by atoms with Crippen molar-refractivity contribution in [2.75, 3.05) is 0 Å². The fourth-order valence-corrected chi connectivity index (χ4v) is 24.4. The number of aromatic nitrogens is 6. The highest BCUT2D eigenvalue weighted by molar-refractivity contribution is 7.23. The van der Waals surface area contributed by atoms with E-state index in [-0.39, 0.29) is 0 Å². The Balaban J connectivity index is 0.973. The van der Waals surface area contributed by atoms with E-state index in [0.717, 1.165) is 188 Å². The zero-order valence-corrected chi connectivity index (χ0v) is 60.6. The van der Waals surface area contributed by atoms with E-state index in [1.165, 1.54) is 27.1 Å². The van der Waals surface area contributed by atoms with Gasteiger partial charge in [-0.25, -0.2) is 0 Å². The lowest BCUT2D eigenvalue weighted by Crippen LogP contribution is -2.72. The highest BCUT2D eigenvalue weighted by atomic mass is 28.3. The van der Waals surface area contributed by atoms with Gasteiger partial charge in [0.2, 0.25) is 8.07 Å². The number of pyridine rings is 2. The second-order valence-corrected chi connectivity index (χ2v) is 32.9. The number of hydrogen-bond donors (Lipinski definition) is 0. The molecule has 0 unspecified atom stereocenters. The van der Waals surface area contributed by atoms with Crippen molar-refractivity contribution < 1.29 is 0 Å². The molecule has 0 atom stereocenters. The summed E-state index contributed by atoms with van der Waals surface area (Å²) >= 11 is 0. The molecule has 8 heterocycles. The zero-order chi connectivity index (χ0) is 72.3. The van der Waals surface area contributed by atoms with Crippen molar-refractivity contribution in [3.63, 3.8) is 0 Å². The standard InChI is InChI=1S/C102H63N7Si/c103-63-85-97(106-86-40-18-13-33-73(86)80-58-65(45-50-90(80)106)57-64-25-5-1-6-26-64)99(108-88-42-20-15-35-75(88)82-60-70(47-52-92(82)108)67-29-9-3-10-30-67)96(72-49-54-95-84(62-72)77-37-17-22-44-94(77)110(95)101-78(38-23-55-104-101)79-39-24-56-105-102(79)110)100(109-89-43-21-16-36-76(89)83-61-71(48-53-93(83)109)68-31-11-4-12-32-68)98(85)107-87-41-19-14-34-74(87)81-59-69(46-51-91(81)107)66-27-7-2-8-28-66/h1-56,58-62H,57H2. The van der Waals surface area contributed by atoms with Crippen LogP contribution in [0.4, 0.5) is 0 Å². The monoisotopic (exact) mass is 1410 g/mol. The largest absolute Gasteiger partial charge is 0.306 e. The Morgan fingerprint density at radius 3 is 1.06 bits per heavy atom. The third-order valence-corrected chi connectivity index (χ3v) is 28.4. The summed E-state index contributed by atoms with van der Waals surface area (Å²) in [6, 6.07) is 135. The van der Waals surface area contributed by atoms with E-state index >= 15 is 0 Å². The number of nitrogens with zero attached hydrogens (tertiary/aromatic N) is 7. The van der Waals surface area contributed by atoms with Gasteiger partial charge in [-0.1, -0.05) is 267 Å². The van der Waals surface area contributed by atoms with Gasteiger partial charge in [0.25, 0.3) is 0 Å². The predicted molar refractivity (Wildman–Crippen MR) is 457 cm³/mol. The number of hydrogen-bond acceptors (Lipinski definition) is 3. The molecule has 8 heteroatoms. The van der Waals surface area contributed by atoms with E-state index in [0.29, 0.717) is 5.56 Å². The predicted octanol–water partition coefficient (Wildman–Crippen LogP) is 22.3. The molecule has 0 bridgehead atoms. The van der Waals surface area contributed by atoms with Gasteiger partial charge in [0.15, 0.2) is 0 Å². The van der Waals surface area contributed by atoms with Gasteiger partial charge in [0.05, 0.1) is 66.9 Å². The SMILES string of the molecule is N#Cc1c(-n2c3ccccc3c3cc(Cc4ccccc4)ccc32)c(-n2c3ccccc3c3cc(-c4ccccc4)ccc32)c(-c2ccc3c(c2)-c2ccccc2[Si]32c3ncccc3-c3cccnc32)c(-n2c3ccccc3c3cc(-c4ccccc4)ccc32)c1-n1c2ccccc2c2cc(-c3ccccc3)ccc21. The Morgan fingerprint density at radius 2 is 0.609 bits per heavy atom. The van der Waals surface area contributed by atoms with Crippen LogP contribution in [0, 0.1) is 11.3 Å². The van der Waals surface area contributed by atoms with E-state index in [1.807, 2.05) is 12.4 Å². The van der Waals surface area contributed by atoms with Crippen LogP contribution in [0.5, 0.6) is 0 Å². The quantitative estimate of drug-likeness (QED) is 0.128. The highest BCUT2D eigenvalue weighted by Gasteiger charge is 2.57. The molecular formula is C102H63N7Si. The normalized spacial score (nSPS) is 12.6. The van der Waals surface area contributed by atoms with Gasteiger partial charge in [-0.05, 0) is 169 Å². The van der Waals surface area contributed by atoms with Crippen LogP contribution in [0.1, 0.15) is 16.7 Å². The van der Waals surface area contributed by atoms with Crippen molar-refractivity contribution in [3.8, 4) is 95.6 Å². The van der Waals surface area contributed by atoms with Crippen molar-refractivity contribution in [1.82, 2.24) is 28.2 Å². The van der Waals surface area contributed by atoms with Crippen molar-refractivity contribution in [3.05, 3.63) is 387 Å². The molecule has 23 rings (SSSR count). The molecule has 15 aromatic carbocycles. The van der Waals surface area contributed by atoms with Gasteiger partial charge < -0.3 is 18.3 Å². The smallest absolute Gasteiger partial charge is 0.226 e. The summed E-state index contributed by atoms with van der Waals surface area (Å²) in [6.45, 7) is 0. The number of para-hydroxylation sites is 4. The van der Waals surface area contributed by atoms with Crippen molar-refractivity contribution in [2.45, 2.75) is 6.42 Å². The summed E-state index contributed by atoms with van der Waals surface area (Å²) in [5, 5.41) is 27.2. The Hall–Kier alpha value is -14.5. The highest BCUT2D eigenvalue weighted by Crippen LogP contribution is 2.54. The molecule has 0 saturated carbocycles. The van der Waals surface area contributed by atoms with Crippen LogP contribution in [0.25, 0.3) is 177 Å². The van der Waals surface area contributed by atoms with Gasteiger partial charge in [-0.15, -0.1) is 0 Å². The van der Waals surface area contributed by atoms with E-state index in [1.54, 1.807) is 0 Å². The van der Waals surface area contributed by atoms with E-state index in [4.69, 9.17) is 9.97 Å². The summed E-state index contributed by atoms with van der Waals surface area (Å²) < 4.78 is 10.0. The number of rotatable bonds is 10. The first kappa shape index (κ1) is 61.8. The lowest BCUT2D eigenvalue weighted by atomic mass is 9.91. The summed E-state index contributed by atoms with van der Waals surface area (Å²) in [5.74, 6) is 0. The van der Waals surface area contributed by atoms with Gasteiger partial charge in [-0.3, -0.25) is 9.97 Å². The lowest BCUT2D eigenvalue weighted by molar-refractivity contribution is 1.04. The topological polar surface area (TPSA) is 69.3 Å². The molecule has 0 radical (unpaired) electrons. The summed E-state index contributed by atoms with van der Waals surface area (Å²) in [5.41, 5.74) is 27.2. The van der Waals surface area contributed by atoms with Crippen molar-refractivity contribution in [2.24, 2.45) is 0 Å². The molecule has 0 N–H and O–H groups in total. The third-order valence-electron chi connectivity index (χ3n) is 23.7. The third kappa shape index (κ3) is 8.80. The fourth-order valence-electron chi connectivity index (χ4n) is 19.1. The number of nitriles is 1. The molecule has 0 aliphatic carbocycles. The maximum atomic E-state index is 13.8. The Morgan fingerprint density at radius 1 is 0.255 bits per heavy atom. The second kappa shape index (κ2) is 24.0. The zero-order valence-electron chi connectivity index (χ0n) is 59.6. The fraction of sp³-hybridized carbons (Fsp3) is 0.00980. The first-order chi connectivity index (χ1) is 54.6. The lowest BCUT2D eigenvalue weighted by Gasteiger charge is -2.30. The van der Waals surface area contributed by atoms with Crippen LogP contribution in [0.3, 0.4) is 0 Å². The maximum Gasteiger partial charge on any atom is 0.226 e. The minimum atomic E-state index is -3.21. The molecule has 6 aromatic heterocycles. The molecule has 510 valence electrons. The van der Waals surface area contributed by atoms with Gasteiger partial charge in [-0.2, -0.15) is 5.26 Å². The minimum Gasteiger partial charge on any atom is -0.306 e. The van der Waals surface area contributed by atoms with E-state index < -0.39 is 8.07 Å². The van der Waals surface area contributed by atoms with Crippen LogP contribution >= 0.6 is 0 Å². The molecule has 2 aliphatic rings. The molecular weight excluding hydrogens is 1350 g/mol. The molecule has 0 amide bonds. The first-order valence-corrected chi connectivity index (χ1v) is 39.7. The molecule has 1 spiro atoms. The van der Waals surface area contributed by atoms with E-state index in [2.05, 4.69) is 382 Å². The van der Waals surface area contributed by atoms with Crippen LogP contribution in [0.15, 0.2) is 370 Å². The molecule has 2 aliphatic heterocycles. The Labute approximate surface area is 634 Å². The van der Waals surface area contributed by atoms with E-state index in [9.17, 15) is 5.26 Å². The maximum absolute atomic E-state index is 13.8. The molecule has 0 saturated heterocycles. The second-order valence-electron chi connectivity index (χ2n) is 29.3. The molecule has 21 aromatic rings. The van der Waals surface area contributed by atoms with Gasteiger partial charge in [0.1, 0.15) is 11.6 Å². The van der Waals surface area contributed by atoms with Crippen molar-refractivity contribution >= 4 is 116 Å². The summed E-state index contributed by atoms with van der Waals surface area (Å²) in [6.07, 6.45) is 4.71. The van der Waals surface area contributed by atoms with Gasteiger partial charge >= 0.3 is 0 Å².